The summed E-state index contributed by atoms with van der Waals surface area (Å²) in [5.41, 5.74) is 0. The van der Waals surface area contributed by atoms with E-state index in [2.05, 4.69) is 10.6 Å². The average Bonchev–Trinajstić information content (AvgIpc) is 2.88. The second-order valence-electron chi connectivity index (χ2n) is 3.96. The van der Waals surface area contributed by atoms with Gasteiger partial charge in [0.05, 0.1) is 24.0 Å². The molecule has 8 nitrogen and oxygen atoms in total. The van der Waals surface area contributed by atoms with Crippen LogP contribution in [0.25, 0.3) is 0 Å². The molecular formula is C10H12CuN2O6. The number of carboxylic acids is 2. The van der Waals surface area contributed by atoms with Gasteiger partial charge in [0.2, 0.25) is 11.8 Å². The maximum atomic E-state index is 10.4. The number of carbonyl (C=O) groups excluding carboxylic acids is 4. The number of hydrogen-bond donors (Lipinski definition) is 2. The van der Waals surface area contributed by atoms with Gasteiger partial charge in [0.1, 0.15) is 0 Å². The van der Waals surface area contributed by atoms with E-state index in [9.17, 15) is 29.4 Å². The maximum Gasteiger partial charge on any atom is 2.00 e. The van der Waals surface area contributed by atoms with E-state index < -0.39 is 24.0 Å². The van der Waals surface area contributed by atoms with Crippen molar-refractivity contribution in [3.8, 4) is 0 Å². The van der Waals surface area contributed by atoms with Crippen LogP contribution < -0.4 is 20.8 Å². The van der Waals surface area contributed by atoms with Gasteiger partial charge >= 0.3 is 17.1 Å². The SMILES string of the molecule is O=C1CC[C@@H](C(=O)[O-])N1.O=C1CC[C@@H](C(=O)[O-])N1.[Cu+2]. The van der Waals surface area contributed by atoms with Crippen molar-refractivity contribution in [3.05, 3.63) is 0 Å². The molecule has 0 aromatic carbocycles. The molecule has 19 heavy (non-hydrogen) atoms. The summed E-state index contributed by atoms with van der Waals surface area (Å²) < 4.78 is 0. The third-order valence-electron chi connectivity index (χ3n) is 2.56. The van der Waals surface area contributed by atoms with E-state index in [1.165, 1.54) is 0 Å². The van der Waals surface area contributed by atoms with Crippen molar-refractivity contribution in [1.82, 2.24) is 10.6 Å². The zero-order valence-electron chi connectivity index (χ0n) is 9.73. The van der Waals surface area contributed by atoms with E-state index in [0.717, 1.165) is 0 Å². The molecule has 2 fully saturated rings. The summed E-state index contributed by atoms with van der Waals surface area (Å²) >= 11 is 0. The van der Waals surface area contributed by atoms with Gasteiger partial charge in [-0.3, -0.25) is 9.59 Å². The number of amides is 2. The molecule has 9 heteroatoms. The maximum absolute atomic E-state index is 10.4. The van der Waals surface area contributed by atoms with Gasteiger partial charge in [0.25, 0.3) is 0 Å². The normalized spacial score (nSPS) is 24.4. The zero-order chi connectivity index (χ0) is 13.7. The number of aliphatic carboxylic acids is 2. The molecule has 0 aliphatic carbocycles. The van der Waals surface area contributed by atoms with Crippen LogP contribution in [0.5, 0.6) is 0 Å². The summed E-state index contributed by atoms with van der Waals surface area (Å²) in [7, 11) is 0. The summed E-state index contributed by atoms with van der Waals surface area (Å²) in [5.74, 6) is -2.80. The van der Waals surface area contributed by atoms with Crippen molar-refractivity contribution in [2.45, 2.75) is 37.8 Å². The molecule has 0 saturated carbocycles. The standard InChI is InChI=1S/2C5H7NO3.Cu/c2*7-4-2-1-3(6-4)5(8)9;/h2*3H,1-2H2,(H,6,7)(H,8,9);/q;;+2/p-2/t2*3-;/m00./s1. The monoisotopic (exact) mass is 319 g/mol. The minimum atomic E-state index is -1.19. The van der Waals surface area contributed by atoms with Crippen molar-refractivity contribution < 1.29 is 46.5 Å². The van der Waals surface area contributed by atoms with Crippen LogP contribution in [0, 0.1) is 0 Å². The van der Waals surface area contributed by atoms with E-state index in [4.69, 9.17) is 0 Å². The predicted molar refractivity (Wildman–Crippen MR) is 52.3 cm³/mol. The second-order valence-corrected chi connectivity index (χ2v) is 3.96. The Morgan fingerprint density at radius 1 is 0.895 bits per heavy atom. The molecule has 2 atom stereocenters. The van der Waals surface area contributed by atoms with Crippen LogP contribution in [0.2, 0.25) is 0 Å². The summed E-state index contributed by atoms with van der Waals surface area (Å²) in [6.07, 6.45) is 1.33. The molecule has 0 aromatic rings. The second kappa shape index (κ2) is 7.75. The minimum absolute atomic E-state index is 0. The van der Waals surface area contributed by atoms with Crippen molar-refractivity contribution in [2.75, 3.05) is 0 Å². The first-order chi connectivity index (χ1) is 8.40. The van der Waals surface area contributed by atoms with Crippen molar-refractivity contribution in [3.63, 3.8) is 0 Å². The minimum Gasteiger partial charge on any atom is -0.548 e. The van der Waals surface area contributed by atoms with Crippen LogP contribution in [-0.2, 0) is 36.2 Å². The summed E-state index contributed by atoms with van der Waals surface area (Å²) in [6.45, 7) is 0. The van der Waals surface area contributed by atoms with Crippen LogP contribution in [0.15, 0.2) is 0 Å². The zero-order valence-corrected chi connectivity index (χ0v) is 10.7. The van der Waals surface area contributed by atoms with Gasteiger partial charge in [-0.05, 0) is 12.8 Å². The molecule has 109 valence electrons. The first-order valence-corrected chi connectivity index (χ1v) is 5.40. The van der Waals surface area contributed by atoms with E-state index in [0.29, 0.717) is 25.7 Å². The van der Waals surface area contributed by atoms with Crippen molar-refractivity contribution in [1.29, 1.82) is 0 Å². The number of carbonyl (C=O) groups is 4. The van der Waals surface area contributed by atoms with E-state index in [1.807, 2.05) is 0 Å². The molecule has 2 amide bonds. The smallest absolute Gasteiger partial charge is 0.548 e. The molecule has 2 N–H and O–H groups in total. The molecular weight excluding hydrogens is 308 g/mol. The Morgan fingerprint density at radius 2 is 1.21 bits per heavy atom. The van der Waals surface area contributed by atoms with Crippen LogP contribution in [-0.4, -0.2) is 35.8 Å². The average molecular weight is 320 g/mol. The van der Waals surface area contributed by atoms with Gasteiger partial charge in [-0.2, -0.15) is 0 Å². The van der Waals surface area contributed by atoms with E-state index in [1.54, 1.807) is 0 Å². The Kier molecular flexibility index (Phi) is 7.10. The Labute approximate surface area is 119 Å². The van der Waals surface area contributed by atoms with Gasteiger partial charge in [0.15, 0.2) is 0 Å². The fourth-order valence-corrected chi connectivity index (χ4v) is 1.58. The molecule has 0 spiro atoms. The summed E-state index contributed by atoms with van der Waals surface area (Å²) in [4.78, 5) is 40.8. The molecule has 0 aromatic heterocycles. The molecule has 2 heterocycles. The summed E-state index contributed by atoms with van der Waals surface area (Å²) in [6, 6.07) is -1.50. The van der Waals surface area contributed by atoms with E-state index >= 15 is 0 Å². The Morgan fingerprint density at radius 3 is 1.32 bits per heavy atom. The predicted octanol–water partition coefficient (Wildman–Crippen LogP) is -3.97. The molecule has 2 aliphatic rings. The Hall–Kier alpha value is -1.60. The first kappa shape index (κ1) is 17.4. The van der Waals surface area contributed by atoms with Gasteiger partial charge in [-0.25, -0.2) is 0 Å². The van der Waals surface area contributed by atoms with Gasteiger partial charge < -0.3 is 30.4 Å². The molecule has 2 saturated heterocycles. The molecule has 2 aliphatic heterocycles. The number of nitrogens with one attached hydrogen (secondary N) is 2. The van der Waals surface area contributed by atoms with Crippen LogP contribution in [0.4, 0.5) is 0 Å². The third kappa shape index (κ3) is 5.71. The van der Waals surface area contributed by atoms with Gasteiger partial charge in [-0.1, -0.05) is 0 Å². The number of rotatable bonds is 2. The fourth-order valence-electron chi connectivity index (χ4n) is 1.58. The fraction of sp³-hybridized carbons (Fsp3) is 0.600. The number of hydrogen-bond acceptors (Lipinski definition) is 6. The van der Waals surface area contributed by atoms with Crippen molar-refractivity contribution >= 4 is 23.8 Å². The van der Waals surface area contributed by atoms with Gasteiger partial charge in [0, 0.05) is 12.8 Å². The number of carboxylic acid groups (broad SMARTS) is 2. The summed E-state index contributed by atoms with van der Waals surface area (Å²) in [5, 5.41) is 24.5. The molecule has 0 unspecified atom stereocenters. The topological polar surface area (TPSA) is 138 Å². The molecule has 2 rings (SSSR count). The third-order valence-corrected chi connectivity index (χ3v) is 2.56. The largest absolute Gasteiger partial charge is 2.00 e. The van der Waals surface area contributed by atoms with Crippen molar-refractivity contribution in [2.24, 2.45) is 0 Å². The van der Waals surface area contributed by atoms with Crippen LogP contribution in [0.1, 0.15) is 25.7 Å². The Bertz CT molecular complexity index is 350. The van der Waals surface area contributed by atoms with Gasteiger partial charge in [-0.15, -0.1) is 0 Å². The molecule has 1 radical (unpaired) electrons. The Balaban J connectivity index is 0.000000324. The quantitative estimate of drug-likeness (QED) is 0.498. The first-order valence-electron chi connectivity index (χ1n) is 5.40. The van der Waals surface area contributed by atoms with Crippen LogP contribution >= 0.6 is 0 Å². The van der Waals surface area contributed by atoms with Crippen LogP contribution in [0.3, 0.4) is 0 Å². The molecule has 0 bridgehead atoms. The van der Waals surface area contributed by atoms with E-state index in [-0.39, 0.29) is 28.9 Å².